The number of esters is 1. The number of ether oxygens (including phenoxy) is 1. The molecule has 0 unspecified atom stereocenters. The Morgan fingerprint density at radius 3 is 2.94 bits per heavy atom. The fourth-order valence-corrected chi connectivity index (χ4v) is 2.49. The van der Waals surface area contributed by atoms with Crippen LogP contribution in [0.25, 0.3) is 5.57 Å². The van der Waals surface area contributed by atoms with Crippen molar-refractivity contribution in [2.24, 2.45) is 0 Å². The van der Waals surface area contributed by atoms with Crippen molar-refractivity contribution in [1.29, 1.82) is 0 Å². The SMILES string of the molecule is CCOC(=O)CC/C=C(\C)c1csc(Br)c1. The van der Waals surface area contributed by atoms with Gasteiger partial charge in [-0.25, -0.2) is 0 Å². The van der Waals surface area contributed by atoms with E-state index < -0.39 is 0 Å². The quantitative estimate of drug-likeness (QED) is 0.760. The number of carbonyl (C=O) groups excluding carboxylic acids is 1. The zero-order chi connectivity index (χ0) is 12.0. The van der Waals surface area contributed by atoms with Gasteiger partial charge in [-0.05, 0) is 58.8 Å². The molecular weight excluding hydrogens is 288 g/mol. The minimum Gasteiger partial charge on any atom is -0.466 e. The van der Waals surface area contributed by atoms with Crippen molar-refractivity contribution in [1.82, 2.24) is 0 Å². The molecule has 88 valence electrons. The van der Waals surface area contributed by atoms with E-state index in [0.717, 1.165) is 10.2 Å². The Morgan fingerprint density at radius 1 is 1.62 bits per heavy atom. The van der Waals surface area contributed by atoms with Crippen LogP contribution in [-0.2, 0) is 9.53 Å². The van der Waals surface area contributed by atoms with Crippen LogP contribution in [0.2, 0.25) is 0 Å². The maximum absolute atomic E-state index is 11.1. The summed E-state index contributed by atoms with van der Waals surface area (Å²) in [5.74, 6) is -0.127. The van der Waals surface area contributed by atoms with E-state index in [2.05, 4.69) is 40.4 Å². The molecule has 16 heavy (non-hydrogen) atoms. The first kappa shape index (κ1) is 13.5. The molecule has 0 aliphatic carbocycles. The van der Waals surface area contributed by atoms with Gasteiger partial charge in [-0.2, -0.15) is 0 Å². The highest BCUT2D eigenvalue weighted by molar-refractivity contribution is 9.11. The van der Waals surface area contributed by atoms with Gasteiger partial charge in [0.2, 0.25) is 0 Å². The Kier molecular flexibility index (Phi) is 5.77. The van der Waals surface area contributed by atoms with Crippen LogP contribution in [0.15, 0.2) is 21.3 Å². The van der Waals surface area contributed by atoms with E-state index in [1.165, 1.54) is 11.1 Å². The predicted octanol–water partition coefficient (Wildman–Crippen LogP) is 4.26. The summed E-state index contributed by atoms with van der Waals surface area (Å²) in [6.07, 6.45) is 3.26. The fraction of sp³-hybridized carbons (Fsp3) is 0.417. The lowest BCUT2D eigenvalue weighted by molar-refractivity contribution is -0.142. The average Bonchev–Trinajstić information content (AvgIpc) is 2.65. The Balaban J connectivity index is 2.43. The summed E-state index contributed by atoms with van der Waals surface area (Å²) in [6, 6.07) is 2.08. The standard InChI is InChI=1S/C12H15BrO2S/c1-3-15-12(14)6-4-5-9(2)10-7-11(13)16-8-10/h5,7-8H,3-4,6H2,1-2H3/b9-5+. The molecule has 0 saturated carbocycles. The van der Waals surface area contributed by atoms with E-state index in [1.54, 1.807) is 11.3 Å². The van der Waals surface area contributed by atoms with Crippen LogP contribution in [0.4, 0.5) is 0 Å². The molecule has 0 N–H and O–H groups in total. The third-order valence-electron chi connectivity index (χ3n) is 2.13. The van der Waals surface area contributed by atoms with Crippen LogP contribution in [-0.4, -0.2) is 12.6 Å². The number of allylic oxidation sites excluding steroid dienone is 2. The second-order valence-electron chi connectivity index (χ2n) is 3.37. The number of hydrogen-bond donors (Lipinski definition) is 0. The van der Waals surface area contributed by atoms with E-state index in [1.807, 2.05) is 6.92 Å². The molecule has 2 nitrogen and oxygen atoms in total. The van der Waals surface area contributed by atoms with Gasteiger partial charge in [0.1, 0.15) is 0 Å². The molecule has 1 heterocycles. The number of thiophene rings is 1. The summed E-state index contributed by atoms with van der Waals surface area (Å²) in [5.41, 5.74) is 2.41. The average molecular weight is 303 g/mol. The van der Waals surface area contributed by atoms with E-state index in [9.17, 15) is 4.79 Å². The van der Waals surface area contributed by atoms with E-state index in [0.29, 0.717) is 13.0 Å². The van der Waals surface area contributed by atoms with Gasteiger partial charge >= 0.3 is 5.97 Å². The van der Waals surface area contributed by atoms with Crippen molar-refractivity contribution in [3.8, 4) is 0 Å². The van der Waals surface area contributed by atoms with Crippen molar-refractivity contribution >= 4 is 38.8 Å². The van der Waals surface area contributed by atoms with Gasteiger partial charge in [0.15, 0.2) is 0 Å². The van der Waals surface area contributed by atoms with Gasteiger partial charge < -0.3 is 4.74 Å². The minimum absolute atomic E-state index is 0.127. The molecule has 0 spiro atoms. The van der Waals surface area contributed by atoms with Gasteiger partial charge in [0, 0.05) is 6.42 Å². The highest BCUT2D eigenvalue weighted by Crippen LogP contribution is 2.26. The number of halogens is 1. The number of rotatable bonds is 5. The van der Waals surface area contributed by atoms with E-state index in [4.69, 9.17) is 4.74 Å². The van der Waals surface area contributed by atoms with Crippen molar-refractivity contribution < 1.29 is 9.53 Å². The van der Waals surface area contributed by atoms with Gasteiger partial charge in [-0.3, -0.25) is 4.79 Å². The van der Waals surface area contributed by atoms with Crippen molar-refractivity contribution in [3.63, 3.8) is 0 Å². The molecule has 0 aliphatic heterocycles. The summed E-state index contributed by atoms with van der Waals surface area (Å²) >= 11 is 5.09. The van der Waals surface area contributed by atoms with Crippen LogP contribution in [0.3, 0.4) is 0 Å². The highest BCUT2D eigenvalue weighted by Gasteiger charge is 2.01. The molecule has 0 fully saturated rings. The van der Waals surface area contributed by atoms with Crippen molar-refractivity contribution in [2.45, 2.75) is 26.7 Å². The molecule has 0 atom stereocenters. The molecule has 0 amide bonds. The Bertz CT molecular complexity index is 382. The Labute approximate surface area is 108 Å². The molecule has 4 heteroatoms. The maximum Gasteiger partial charge on any atom is 0.306 e. The third kappa shape index (κ3) is 4.49. The van der Waals surface area contributed by atoms with Gasteiger partial charge in [0.25, 0.3) is 0 Å². The summed E-state index contributed by atoms with van der Waals surface area (Å²) in [4.78, 5) is 11.1. The van der Waals surface area contributed by atoms with Gasteiger partial charge in [-0.1, -0.05) is 6.08 Å². The second kappa shape index (κ2) is 6.86. The smallest absolute Gasteiger partial charge is 0.306 e. The van der Waals surface area contributed by atoms with Crippen LogP contribution in [0, 0.1) is 0 Å². The van der Waals surface area contributed by atoms with E-state index >= 15 is 0 Å². The first-order chi connectivity index (χ1) is 7.63. The zero-order valence-electron chi connectivity index (χ0n) is 9.46. The normalized spacial score (nSPS) is 11.6. The molecule has 1 aromatic rings. The Morgan fingerprint density at radius 2 is 2.38 bits per heavy atom. The monoisotopic (exact) mass is 302 g/mol. The zero-order valence-corrected chi connectivity index (χ0v) is 11.9. The molecule has 1 aromatic heterocycles. The lowest BCUT2D eigenvalue weighted by Crippen LogP contribution is -2.02. The maximum atomic E-state index is 11.1. The van der Waals surface area contributed by atoms with Crippen LogP contribution in [0.5, 0.6) is 0 Å². The summed E-state index contributed by atoms with van der Waals surface area (Å²) < 4.78 is 5.99. The molecular formula is C12H15BrO2S. The molecule has 0 radical (unpaired) electrons. The van der Waals surface area contributed by atoms with Crippen LogP contribution in [0.1, 0.15) is 32.3 Å². The Hall–Kier alpha value is -0.610. The van der Waals surface area contributed by atoms with Crippen molar-refractivity contribution in [2.75, 3.05) is 6.61 Å². The minimum atomic E-state index is -0.127. The third-order valence-corrected chi connectivity index (χ3v) is 3.63. The fourth-order valence-electron chi connectivity index (χ4n) is 1.27. The highest BCUT2D eigenvalue weighted by atomic mass is 79.9. The summed E-state index contributed by atoms with van der Waals surface area (Å²) in [7, 11) is 0. The molecule has 1 rings (SSSR count). The van der Waals surface area contributed by atoms with Gasteiger partial charge in [0.05, 0.1) is 10.4 Å². The lowest BCUT2D eigenvalue weighted by Gasteiger charge is -2.00. The lowest BCUT2D eigenvalue weighted by atomic mass is 10.1. The van der Waals surface area contributed by atoms with Crippen molar-refractivity contribution in [3.05, 3.63) is 26.9 Å². The number of hydrogen-bond acceptors (Lipinski definition) is 3. The molecule has 0 bridgehead atoms. The van der Waals surface area contributed by atoms with Crippen LogP contribution >= 0.6 is 27.3 Å². The molecule has 0 aliphatic rings. The topological polar surface area (TPSA) is 26.3 Å². The summed E-state index contributed by atoms with van der Waals surface area (Å²) in [5, 5.41) is 2.10. The van der Waals surface area contributed by atoms with Crippen LogP contribution < -0.4 is 0 Å². The summed E-state index contributed by atoms with van der Waals surface area (Å²) in [6.45, 7) is 4.33. The second-order valence-corrected chi connectivity index (χ2v) is 5.66. The number of carbonyl (C=O) groups is 1. The van der Waals surface area contributed by atoms with Gasteiger partial charge in [-0.15, -0.1) is 11.3 Å². The largest absolute Gasteiger partial charge is 0.466 e. The van der Waals surface area contributed by atoms with E-state index in [-0.39, 0.29) is 5.97 Å². The first-order valence-electron chi connectivity index (χ1n) is 5.20. The molecule has 0 saturated heterocycles. The predicted molar refractivity (Wildman–Crippen MR) is 71.5 cm³/mol. The molecule has 0 aromatic carbocycles. The first-order valence-corrected chi connectivity index (χ1v) is 6.87.